The highest BCUT2D eigenvalue weighted by molar-refractivity contribution is 5.35. The van der Waals surface area contributed by atoms with Crippen LogP contribution in [0.2, 0.25) is 0 Å². The van der Waals surface area contributed by atoms with E-state index in [-0.39, 0.29) is 5.56 Å². The van der Waals surface area contributed by atoms with Gasteiger partial charge in [-0.1, -0.05) is 0 Å². The number of aromatic nitrogens is 2. The van der Waals surface area contributed by atoms with Crippen LogP contribution in [-0.4, -0.2) is 10.2 Å². The fourth-order valence-electron chi connectivity index (χ4n) is 1.50. The van der Waals surface area contributed by atoms with Crippen molar-refractivity contribution in [3.05, 3.63) is 59.4 Å². The Balaban J connectivity index is 2.51. The van der Waals surface area contributed by atoms with Crippen molar-refractivity contribution in [1.29, 1.82) is 5.26 Å². The highest BCUT2D eigenvalue weighted by Gasteiger charge is 2.19. The Morgan fingerprint density at radius 3 is 2.71 bits per heavy atom. The Morgan fingerprint density at radius 2 is 2.06 bits per heavy atom. The third-order valence-electron chi connectivity index (χ3n) is 2.29. The number of nitriles is 1. The molecule has 5 heteroatoms. The van der Waals surface area contributed by atoms with E-state index in [2.05, 4.69) is 10.2 Å². The first-order valence-corrected chi connectivity index (χ1v) is 4.84. The fourth-order valence-corrected chi connectivity index (χ4v) is 1.50. The van der Waals surface area contributed by atoms with Crippen LogP contribution in [-0.2, 0) is 0 Å². The second-order valence-corrected chi connectivity index (χ2v) is 3.38. The molecule has 0 fully saturated rings. The Hall–Kier alpha value is -2.35. The molecule has 0 saturated carbocycles. The van der Waals surface area contributed by atoms with Crippen molar-refractivity contribution in [3.8, 4) is 6.07 Å². The lowest BCUT2D eigenvalue weighted by Gasteiger charge is -2.09. The molecule has 84 valence electrons. The third kappa shape index (κ3) is 2.26. The minimum Gasteiger partial charge on any atom is -0.207 e. The van der Waals surface area contributed by atoms with Gasteiger partial charge in [0.2, 0.25) is 0 Å². The lowest BCUT2D eigenvalue weighted by molar-refractivity contribution is 0.583. The van der Waals surface area contributed by atoms with Gasteiger partial charge in [-0.2, -0.15) is 15.5 Å². The van der Waals surface area contributed by atoms with Gasteiger partial charge in [-0.05, 0) is 30.3 Å². The molecular weight excluding hydrogens is 224 g/mol. The van der Waals surface area contributed by atoms with Gasteiger partial charge in [0, 0.05) is 11.8 Å². The van der Waals surface area contributed by atoms with E-state index >= 15 is 0 Å². The molecule has 0 aliphatic rings. The molecule has 0 saturated heterocycles. The van der Waals surface area contributed by atoms with E-state index < -0.39 is 17.6 Å². The largest absolute Gasteiger partial charge is 0.207 e. The van der Waals surface area contributed by atoms with Crippen molar-refractivity contribution in [2.45, 2.75) is 5.92 Å². The summed E-state index contributed by atoms with van der Waals surface area (Å²) in [5, 5.41) is 16.4. The zero-order valence-corrected chi connectivity index (χ0v) is 8.64. The topological polar surface area (TPSA) is 49.6 Å². The van der Waals surface area contributed by atoms with Crippen molar-refractivity contribution in [2.24, 2.45) is 0 Å². The number of benzene rings is 1. The summed E-state index contributed by atoms with van der Waals surface area (Å²) in [6.07, 6.45) is 1.44. The van der Waals surface area contributed by atoms with E-state index in [1.165, 1.54) is 6.20 Å². The molecule has 1 heterocycles. The van der Waals surface area contributed by atoms with Crippen molar-refractivity contribution in [3.63, 3.8) is 0 Å². The van der Waals surface area contributed by atoms with Crippen molar-refractivity contribution >= 4 is 0 Å². The molecule has 1 unspecified atom stereocenters. The first kappa shape index (κ1) is 11.1. The van der Waals surface area contributed by atoms with Gasteiger partial charge in [-0.25, -0.2) is 8.78 Å². The molecule has 0 spiro atoms. The third-order valence-corrected chi connectivity index (χ3v) is 2.29. The molecule has 0 radical (unpaired) electrons. The average Bonchev–Trinajstić information content (AvgIpc) is 2.36. The zero-order chi connectivity index (χ0) is 12.3. The molecule has 1 atom stereocenters. The van der Waals surface area contributed by atoms with Crippen LogP contribution >= 0.6 is 0 Å². The molecule has 1 aromatic heterocycles. The first-order valence-electron chi connectivity index (χ1n) is 4.84. The van der Waals surface area contributed by atoms with E-state index in [4.69, 9.17) is 5.26 Å². The molecule has 1 aromatic carbocycles. The maximum atomic E-state index is 13.5. The quantitative estimate of drug-likeness (QED) is 0.797. The Labute approximate surface area is 96.3 Å². The summed E-state index contributed by atoms with van der Waals surface area (Å²) in [7, 11) is 0. The normalized spacial score (nSPS) is 11.8. The van der Waals surface area contributed by atoms with Crippen LogP contribution in [0.25, 0.3) is 0 Å². The standard InChI is InChI=1S/C12H7F2N3/c13-8-3-4-11(14)9(6-8)10(7-15)12-2-1-5-16-17-12/h1-6,10H. The highest BCUT2D eigenvalue weighted by atomic mass is 19.1. The summed E-state index contributed by atoms with van der Waals surface area (Å²) in [6, 6.07) is 8.02. The summed E-state index contributed by atoms with van der Waals surface area (Å²) in [4.78, 5) is 0. The molecule has 2 rings (SSSR count). The van der Waals surface area contributed by atoms with E-state index in [0.717, 1.165) is 18.2 Å². The van der Waals surface area contributed by atoms with Crippen LogP contribution in [0.4, 0.5) is 8.78 Å². The van der Waals surface area contributed by atoms with Gasteiger partial charge in [0.15, 0.2) is 0 Å². The minimum absolute atomic E-state index is 0.0343. The van der Waals surface area contributed by atoms with E-state index in [1.807, 2.05) is 6.07 Å². The smallest absolute Gasteiger partial charge is 0.128 e. The molecule has 17 heavy (non-hydrogen) atoms. The maximum Gasteiger partial charge on any atom is 0.128 e. The van der Waals surface area contributed by atoms with E-state index in [9.17, 15) is 8.78 Å². The zero-order valence-electron chi connectivity index (χ0n) is 8.64. The highest BCUT2D eigenvalue weighted by Crippen LogP contribution is 2.24. The average molecular weight is 231 g/mol. The second kappa shape index (κ2) is 4.66. The molecule has 2 aromatic rings. The summed E-state index contributed by atoms with van der Waals surface area (Å²) in [5.74, 6) is -2.19. The van der Waals surface area contributed by atoms with Crippen LogP contribution in [0.5, 0.6) is 0 Å². The van der Waals surface area contributed by atoms with E-state index in [1.54, 1.807) is 12.1 Å². The van der Waals surface area contributed by atoms with Gasteiger partial charge in [-0.3, -0.25) is 0 Å². The molecule has 0 bridgehead atoms. The van der Waals surface area contributed by atoms with Gasteiger partial charge in [0.05, 0.1) is 11.8 Å². The predicted octanol–water partition coefficient (Wildman–Crippen LogP) is 2.41. The van der Waals surface area contributed by atoms with Gasteiger partial charge in [0.1, 0.15) is 17.6 Å². The van der Waals surface area contributed by atoms with E-state index in [0.29, 0.717) is 5.69 Å². The Morgan fingerprint density at radius 1 is 1.24 bits per heavy atom. The number of rotatable bonds is 2. The number of hydrogen-bond donors (Lipinski definition) is 0. The fraction of sp³-hybridized carbons (Fsp3) is 0.0833. The van der Waals surface area contributed by atoms with Crippen molar-refractivity contribution < 1.29 is 8.78 Å². The summed E-state index contributed by atoms with van der Waals surface area (Å²) < 4.78 is 26.6. The van der Waals surface area contributed by atoms with Gasteiger partial charge in [-0.15, -0.1) is 0 Å². The summed E-state index contributed by atoms with van der Waals surface area (Å²) in [5.41, 5.74) is 0.257. The lowest BCUT2D eigenvalue weighted by atomic mass is 9.96. The van der Waals surface area contributed by atoms with Gasteiger partial charge in [0.25, 0.3) is 0 Å². The molecule has 0 amide bonds. The summed E-state index contributed by atoms with van der Waals surface area (Å²) in [6.45, 7) is 0. The molecule has 0 N–H and O–H groups in total. The van der Waals surface area contributed by atoms with Crippen molar-refractivity contribution in [1.82, 2.24) is 10.2 Å². The second-order valence-electron chi connectivity index (χ2n) is 3.38. The van der Waals surface area contributed by atoms with Crippen LogP contribution in [0.15, 0.2) is 36.5 Å². The monoisotopic (exact) mass is 231 g/mol. The van der Waals surface area contributed by atoms with Crippen LogP contribution < -0.4 is 0 Å². The maximum absolute atomic E-state index is 13.5. The predicted molar refractivity (Wildman–Crippen MR) is 55.8 cm³/mol. The number of halogens is 2. The molecular formula is C12H7F2N3. The SMILES string of the molecule is N#CC(c1cccnn1)c1cc(F)ccc1F. The Kier molecular flexibility index (Phi) is 3.06. The summed E-state index contributed by atoms with van der Waals surface area (Å²) >= 11 is 0. The van der Waals surface area contributed by atoms with Gasteiger partial charge >= 0.3 is 0 Å². The molecule has 3 nitrogen and oxygen atoms in total. The molecule has 0 aliphatic carbocycles. The molecule has 0 aliphatic heterocycles. The van der Waals surface area contributed by atoms with Crippen LogP contribution in [0, 0.1) is 23.0 Å². The van der Waals surface area contributed by atoms with Crippen LogP contribution in [0.1, 0.15) is 17.2 Å². The van der Waals surface area contributed by atoms with Gasteiger partial charge < -0.3 is 0 Å². The van der Waals surface area contributed by atoms with Crippen molar-refractivity contribution in [2.75, 3.05) is 0 Å². The number of hydrogen-bond acceptors (Lipinski definition) is 3. The first-order chi connectivity index (χ1) is 8.22. The minimum atomic E-state index is -0.959. The van der Waals surface area contributed by atoms with Crippen LogP contribution in [0.3, 0.4) is 0 Å². The lowest BCUT2D eigenvalue weighted by Crippen LogP contribution is -2.05. The Bertz CT molecular complexity index is 564. The number of nitrogens with zero attached hydrogens (tertiary/aromatic N) is 3.